The van der Waals surface area contributed by atoms with Crippen LogP contribution in [0.4, 0.5) is 8.78 Å². The summed E-state index contributed by atoms with van der Waals surface area (Å²) in [6.07, 6.45) is 0.482. The fourth-order valence-electron chi connectivity index (χ4n) is 2.37. The van der Waals surface area contributed by atoms with Gasteiger partial charge in [-0.25, -0.2) is 8.78 Å². The Kier molecular flexibility index (Phi) is 5.37. The molecule has 0 heterocycles. The molecule has 0 saturated heterocycles. The van der Waals surface area contributed by atoms with E-state index in [0.717, 1.165) is 16.7 Å². The van der Waals surface area contributed by atoms with Crippen molar-refractivity contribution in [1.29, 1.82) is 0 Å². The van der Waals surface area contributed by atoms with Crippen LogP contribution in [0.2, 0.25) is 0 Å². The molecule has 0 aliphatic carbocycles. The zero-order chi connectivity index (χ0) is 15.4. The Labute approximate surface area is 128 Å². The van der Waals surface area contributed by atoms with Crippen LogP contribution in [-0.4, -0.2) is 6.54 Å². The second-order valence-corrected chi connectivity index (χ2v) is 6.20. The highest BCUT2D eigenvalue weighted by Gasteiger charge is 2.12. The maximum absolute atomic E-state index is 14.0. The number of benzene rings is 2. The molecule has 0 bridgehead atoms. The van der Waals surface area contributed by atoms with Crippen LogP contribution in [0.5, 0.6) is 0 Å². The number of nitrogens with two attached hydrogens (primary N) is 1. The van der Waals surface area contributed by atoms with E-state index in [-0.39, 0.29) is 4.90 Å². The van der Waals surface area contributed by atoms with E-state index in [2.05, 4.69) is 6.07 Å². The van der Waals surface area contributed by atoms with Crippen molar-refractivity contribution in [2.24, 2.45) is 5.73 Å². The van der Waals surface area contributed by atoms with E-state index in [1.54, 1.807) is 0 Å². The summed E-state index contributed by atoms with van der Waals surface area (Å²) in [5.41, 5.74) is 9.40. The van der Waals surface area contributed by atoms with Crippen LogP contribution in [0, 0.1) is 25.5 Å². The third kappa shape index (κ3) is 4.29. The Balaban J connectivity index is 2.16. The van der Waals surface area contributed by atoms with E-state index in [4.69, 9.17) is 5.73 Å². The van der Waals surface area contributed by atoms with E-state index in [0.29, 0.717) is 24.3 Å². The minimum atomic E-state index is -0.507. The summed E-state index contributed by atoms with van der Waals surface area (Å²) >= 11 is 1.19. The fourth-order valence-corrected chi connectivity index (χ4v) is 3.24. The number of thioether (sulfide) groups is 1. The van der Waals surface area contributed by atoms with Crippen LogP contribution in [0.25, 0.3) is 0 Å². The molecule has 2 aromatic carbocycles. The highest BCUT2D eigenvalue weighted by atomic mass is 32.2. The lowest BCUT2D eigenvalue weighted by molar-refractivity contribution is 0.537. The third-order valence-corrected chi connectivity index (χ3v) is 4.31. The highest BCUT2D eigenvalue weighted by Crippen LogP contribution is 2.29. The maximum Gasteiger partial charge on any atom is 0.140 e. The minimum absolute atomic E-state index is 0.0786. The molecule has 0 atom stereocenters. The van der Waals surface area contributed by atoms with Gasteiger partial charge in [0.05, 0.1) is 4.90 Å². The number of halogens is 2. The molecule has 0 radical (unpaired) electrons. The van der Waals surface area contributed by atoms with Crippen LogP contribution < -0.4 is 5.73 Å². The lowest BCUT2D eigenvalue weighted by Gasteiger charge is -2.09. The van der Waals surface area contributed by atoms with Gasteiger partial charge in [-0.15, -0.1) is 11.8 Å². The molecule has 0 aromatic heterocycles. The van der Waals surface area contributed by atoms with Gasteiger partial charge in [-0.1, -0.05) is 29.3 Å². The van der Waals surface area contributed by atoms with Gasteiger partial charge >= 0.3 is 0 Å². The van der Waals surface area contributed by atoms with Crippen LogP contribution >= 0.6 is 11.8 Å². The predicted molar refractivity (Wildman–Crippen MR) is 84.6 cm³/mol. The Morgan fingerprint density at radius 2 is 1.48 bits per heavy atom. The number of hydrogen-bond donors (Lipinski definition) is 1. The van der Waals surface area contributed by atoms with Crippen molar-refractivity contribution in [3.8, 4) is 0 Å². The molecule has 0 saturated carbocycles. The summed E-state index contributed by atoms with van der Waals surface area (Å²) in [4.78, 5) is 0.0786. The zero-order valence-corrected chi connectivity index (χ0v) is 13.1. The molecule has 21 heavy (non-hydrogen) atoms. The summed E-state index contributed by atoms with van der Waals surface area (Å²) < 4.78 is 28.0. The van der Waals surface area contributed by atoms with Crippen molar-refractivity contribution in [3.05, 3.63) is 64.2 Å². The van der Waals surface area contributed by atoms with E-state index in [1.807, 2.05) is 26.0 Å². The van der Waals surface area contributed by atoms with Crippen LogP contribution in [-0.2, 0) is 12.2 Å². The van der Waals surface area contributed by atoms with Crippen molar-refractivity contribution in [1.82, 2.24) is 0 Å². The molecule has 112 valence electrons. The topological polar surface area (TPSA) is 26.0 Å². The average Bonchev–Trinajstić information content (AvgIpc) is 2.36. The zero-order valence-electron chi connectivity index (χ0n) is 12.2. The van der Waals surface area contributed by atoms with Gasteiger partial charge in [0.2, 0.25) is 0 Å². The summed E-state index contributed by atoms with van der Waals surface area (Å²) in [7, 11) is 0. The smallest absolute Gasteiger partial charge is 0.140 e. The lowest BCUT2D eigenvalue weighted by Crippen LogP contribution is -2.04. The molecule has 0 spiro atoms. The Morgan fingerprint density at radius 1 is 0.905 bits per heavy atom. The summed E-state index contributed by atoms with van der Waals surface area (Å²) in [6, 6.07) is 8.91. The van der Waals surface area contributed by atoms with Crippen LogP contribution in [0.3, 0.4) is 0 Å². The van der Waals surface area contributed by atoms with Gasteiger partial charge in [-0.2, -0.15) is 0 Å². The average molecular weight is 307 g/mol. The number of aryl methyl sites for hydroxylation is 2. The van der Waals surface area contributed by atoms with Gasteiger partial charge in [0.15, 0.2) is 0 Å². The Hall–Kier alpha value is -1.39. The number of rotatable bonds is 5. The molecule has 2 aromatic rings. The van der Waals surface area contributed by atoms with Gasteiger partial charge in [0.1, 0.15) is 11.6 Å². The predicted octanol–water partition coefficient (Wildman–Crippen LogP) is 4.38. The first-order chi connectivity index (χ1) is 9.99. The SMILES string of the molecule is Cc1cc(C)cc(CSc2c(F)cc(CCN)cc2F)c1. The second-order valence-electron chi connectivity index (χ2n) is 5.21. The van der Waals surface area contributed by atoms with Gasteiger partial charge in [-0.05, 0) is 50.1 Å². The van der Waals surface area contributed by atoms with Crippen molar-refractivity contribution in [2.45, 2.75) is 30.9 Å². The Morgan fingerprint density at radius 3 is 2.00 bits per heavy atom. The van der Waals surface area contributed by atoms with E-state index in [9.17, 15) is 8.78 Å². The van der Waals surface area contributed by atoms with Gasteiger partial charge in [0, 0.05) is 5.75 Å². The minimum Gasteiger partial charge on any atom is -0.330 e. The molecule has 2 rings (SSSR count). The quantitative estimate of drug-likeness (QED) is 0.830. The molecular weight excluding hydrogens is 288 g/mol. The standard InChI is InChI=1S/C17H19F2NS/c1-11-5-12(2)7-14(6-11)10-21-17-15(18)8-13(3-4-20)9-16(17)19/h5-9H,3-4,10,20H2,1-2H3. The van der Waals surface area contributed by atoms with Crippen molar-refractivity contribution < 1.29 is 8.78 Å². The van der Waals surface area contributed by atoms with E-state index < -0.39 is 11.6 Å². The monoisotopic (exact) mass is 307 g/mol. The van der Waals surface area contributed by atoms with Crippen molar-refractivity contribution >= 4 is 11.8 Å². The molecular formula is C17H19F2NS. The highest BCUT2D eigenvalue weighted by molar-refractivity contribution is 7.98. The molecule has 0 fully saturated rings. The van der Waals surface area contributed by atoms with Gasteiger partial charge in [-0.3, -0.25) is 0 Å². The van der Waals surface area contributed by atoms with Crippen molar-refractivity contribution in [2.75, 3.05) is 6.54 Å². The summed E-state index contributed by atoms with van der Waals surface area (Å²) in [5, 5.41) is 0. The molecule has 0 aliphatic rings. The van der Waals surface area contributed by atoms with Gasteiger partial charge in [0.25, 0.3) is 0 Å². The second kappa shape index (κ2) is 7.05. The van der Waals surface area contributed by atoms with E-state index in [1.165, 1.54) is 23.9 Å². The van der Waals surface area contributed by atoms with Crippen LogP contribution in [0.15, 0.2) is 35.2 Å². The lowest BCUT2D eigenvalue weighted by atomic mass is 10.1. The van der Waals surface area contributed by atoms with Gasteiger partial charge < -0.3 is 5.73 Å². The first-order valence-electron chi connectivity index (χ1n) is 6.87. The fraction of sp³-hybridized carbons (Fsp3) is 0.294. The normalized spacial score (nSPS) is 10.9. The first-order valence-corrected chi connectivity index (χ1v) is 7.86. The Bertz CT molecular complexity index is 597. The maximum atomic E-state index is 14.0. The van der Waals surface area contributed by atoms with E-state index >= 15 is 0 Å². The molecule has 2 N–H and O–H groups in total. The van der Waals surface area contributed by atoms with Crippen molar-refractivity contribution in [3.63, 3.8) is 0 Å². The summed E-state index contributed by atoms with van der Waals surface area (Å²) in [5.74, 6) is -0.465. The molecule has 0 amide bonds. The third-order valence-electron chi connectivity index (χ3n) is 3.16. The summed E-state index contributed by atoms with van der Waals surface area (Å²) in [6.45, 7) is 4.42. The first kappa shape index (κ1) is 16.0. The molecule has 1 nitrogen and oxygen atoms in total. The largest absolute Gasteiger partial charge is 0.330 e. The molecule has 0 aliphatic heterocycles. The molecule has 4 heteroatoms. The molecule has 0 unspecified atom stereocenters. The van der Waals surface area contributed by atoms with Crippen LogP contribution in [0.1, 0.15) is 22.3 Å². The number of hydrogen-bond acceptors (Lipinski definition) is 2.